The molecule has 5 nitrogen and oxygen atoms in total. The first-order valence-electron chi connectivity index (χ1n) is 6.13. The average molecular weight is 241 g/mol. The lowest BCUT2D eigenvalue weighted by Crippen LogP contribution is -2.51. The topological polar surface area (TPSA) is 75.4 Å². The van der Waals surface area contributed by atoms with Gasteiger partial charge in [0.15, 0.2) is 0 Å². The van der Waals surface area contributed by atoms with Gasteiger partial charge in [0, 0.05) is 25.0 Å². The van der Waals surface area contributed by atoms with Crippen molar-refractivity contribution in [3.05, 3.63) is 0 Å². The Morgan fingerprint density at radius 2 is 2.06 bits per heavy atom. The maximum atomic E-state index is 11.9. The van der Waals surface area contributed by atoms with E-state index in [0.717, 1.165) is 19.4 Å². The molecule has 1 rings (SSSR count). The summed E-state index contributed by atoms with van der Waals surface area (Å²) < 4.78 is 0. The minimum atomic E-state index is -0.284. The van der Waals surface area contributed by atoms with Crippen LogP contribution in [0.25, 0.3) is 0 Å². The largest absolute Gasteiger partial charge is 0.370 e. The Kier molecular flexibility index (Phi) is 4.37. The molecule has 3 N–H and O–H groups in total. The predicted octanol–water partition coefficient (Wildman–Crippen LogP) is 1.08. The highest BCUT2D eigenvalue weighted by molar-refractivity contribution is 5.76. The number of carbonyl (C=O) groups is 2. The van der Waals surface area contributed by atoms with Crippen molar-refractivity contribution in [3.8, 4) is 0 Å². The Labute approximate surface area is 103 Å². The van der Waals surface area contributed by atoms with E-state index < -0.39 is 0 Å². The smallest absolute Gasteiger partial charge is 0.317 e. The van der Waals surface area contributed by atoms with Crippen molar-refractivity contribution in [3.63, 3.8) is 0 Å². The van der Waals surface area contributed by atoms with Crippen molar-refractivity contribution in [1.29, 1.82) is 0 Å². The number of carbonyl (C=O) groups excluding carboxylic acids is 2. The van der Waals surface area contributed by atoms with Crippen LogP contribution in [0.5, 0.6) is 0 Å². The van der Waals surface area contributed by atoms with Gasteiger partial charge in [-0.05, 0) is 39.5 Å². The number of hydrogen-bond donors (Lipinski definition) is 2. The molecular weight excluding hydrogens is 218 g/mol. The Morgan fingerprint density at radius 3 is 2.59 bits per heavy atom. The number of nitrogens with two attached hydrogens (primary N) is 1. The molecule has 0 aromatic heterocycles. The third-order valence-electron chi connectivity index (χ3n) is 2.78. The highest BCUT2D eigenvalue weighted by atomic mass is 16.2. The average Bonchev–Trinajstić information content (AvgIpc) is 2.14. The molecule has 1 aliphatic heterocycles. The highest BCUT2D eigenvalue weighted by Crippen LogP contribution is 2.19. The number of amides is 3. The summed E-state index contributed by atoms with van der Waals surface area (Å²) in [6.45, 7) is 7.25. The van der Waals surface area contributed by atoms with E-state index >= 15 is 0 Å². The van der Waals surface area contributed by atoms with Crippen molar-refractivity contribution < 1.29 is 9.59 Å². The van der Waals surface area contributed by atoms with Crippen molar-refractivity contribution in [2.45, 2.75) is 45.6 Å². The first-order valence-corrected chi connectivity index (χ1v) is 6.13. The summed E-state index contributed by atoms with van der Waals surface area (Å²) in [7, 11) is 0. The van der Waals surface area contributed by atoms with Crippen molar-refractivity contribution in [2.75, 3.05) is 13.1 Å². The number of urea groups is 1. The standard InChI is InChI=1S/C12H23N3O2/c1-12(2,3)14-11(17)15-6-4-5-9(8-15)7-10(13)16/h9H,4-8H2,1-3H3,(H2,13,16)(H,14,17). The maximum absolute atomic E-state index is 11.9. The molecule has 1 heterocycles. The summed E-state index contributed by atoms with van der Waals surface area (Å²) in [5.41, 5.74) is 4.96. The fourth-order valence-electron chi connectivity index (χ4n) is 2.10. The van der Waals surface area contributed by atoms with Crippen LogP contribution in [0.4, 0.5) is 4.79 Å². The first kappa shape index (κ1) is 13.8. The van der Waals surface area contributed by atoms with E-state index in [2.05, 4.69) is 5.32 Å². The molecule has 1 atom stereocenters. The zero-order valence-electron chi connectivity index (χ0n) is 11.0. The molecule has 0 spiro atoms. The van der Waals surface area contributed by atoms with E-state index in [0.29, 0.717) is 13.0 Å². The molecule has 98 valence electrons. The minimum absolute atomic E-state index is 0.0494. The highest BCUT2D eigenvalue weighted by Gasteiger charge is 2.26. The molecule has 0 aromatic carbocycles. The molecule has 17 heavy (non-hydrogen) atoms. The summed E-state index contributed by atoms with van der Waals surface area (Å²) in [6, 6.07) is -0.0494. The summed E-state index contributed by atoms with van der Waals surface area (Å²) in [5, 5.41) is 2.93. The lowest BCUT2D eigenvalue weighted by molar-refractivity contribution is -0.119. The van der Waals surface area contributed by atoms with E-state index in [9.17, 15) is 9.59 Å². The second kappa shape index (κ2) is 5.38. The SMILES string of the molecule is CC(C)(C)NC(=O)N1CCCC(CC(N)=O)C1. The maximum Gasteiger partial charge on any atom is 0.317 e. The van der Waals surface area contributed by atoms with Crippen LogP contribution in [0.3, 0.4) is 0 Å². The van der Waals surface area contributed by atoms with Gasteiger partial charge >= 0.3 is 6.03 Å². The molecule has 1 unspecified atom stereocenters. The van der Waals surface area contributed by atoms with Crippen molar-refractivity contribution in [2.24, 2.45) is 11.7 Å². The lowest BCUT2D eigenvalue weighted by Gasteiger charge is -2.34. The predicted molar refractivity (Wildman–Crippen MR) is 66.4 cm³/mol. The van der Waals surface area contributed by atoms with Gasteiger partial charge in [-0.25, -0.2) is 4.79 Å². The molecule has 0 radical (unpaired) electrons. The number of primary amides is 1. The molecule has 0 saturated carbocycles. The van der Waals surface area contributed by atoms with Gasteiger partial charge in [0.1, 0.15) is 0 Å². The van der Waals surface area contributed by atoms with Crippen LogP contribution in [-0.2, 0) is 4.79 Å². The third-order valence-corrected chi connectivity index (χ3v) is 2.78. The van der Waals surface area contributed by atoms with Crippen LogP contribution in [0.2, 0.25) is 0 Å². The van der Waals surface area contributed by atoms with Crippen molar-refractivity contribution >= 4 is 11.9 Å². The molecule has 0 aliphatic carbocycles. The second-order valence-electron chi connectivity index (χ2n) is 5.80. The molecule has 0 aromatic rings. The molecule has 5 heteroatoms. The Balaban J connectivity index is 2.49. The van der Waals surface area contributed by atoms with Gasteiger partial charge in [-0.2, -0.15) is 0 Å². The zero-order chi connectivity index (χ0) is 13.1. The fraction of sp³-hybridized carbons (Fsp3) is 0.833. The van der Waals surface area contributed by atoms with Gasteiger partial charge in [0.2, 0.25) is 5.91 Å². The number of rotatable bonds is 2. The van der Waals surface area contributed by atoms with Crippen LogP contribution < -0.4 is 11.1 Å². The van der Waals surface area contributed by atoms with Gasteiger partial charge in [-0.15, -0.1) is 0 Å². The normalized spacial score (nSPS) is 21.1. The molecule has 1 aliphatic rings. The summed E-state index contributed by atoms with van der Waals surface area (Å²) >= 11 is 0. The number of likely N-dealkylation sites (tertiary alicyclic amines) is 1. The monoisotopic (exact) mass is 241 g/mol. The zero-order valence-corrected chi connectivity index (χ0v) is 11.0. The number of hydrogen-bond acceptors (Lipinski definition) is 2. The van der Waals surface area contributed by atoms with E-state index in [4.69, 9.17) is 5.73 Å². The first-order chi connectivity index (χ1) is 7.78. The lowest BCUT2D eigenvalue weighted by atomic mass is 9.95. The van der Waals surface area contributed by atoms with Gasteiger partial charge in [-0.3, -0.25) is 4.79 Å². The van der Waals surface area contributed by atoms with E-state index in [1.54, 1.807) is 4.90 Å². The number of nitrogens with zero attached hydrogens (tertiary/aromatic N) is 1. The minimum Gasteiger partial charge on any atom is -0.370 e. The fourth-order valence-corrected chi connectivity index (χ4v) is 2.10. The van der Waals surface area contributed by atoms with Gasteiger partial charge in [0.05, 0.1) is 0 Å². The summed E-state index contributed by atoms with van der Waals surface area (Å²) in [5.74, 6) is -0.0694. The molecular formula is C12H23N3O2. The van der Waals surface area contributed by atoms with Crippen LogP contribution in [0.1, 0.15) is 40.0 Å². The number of nitrogens with one attached hydrogen (secondary N) is 1. The van der Waals surface area contributed by atoms with E-state index in [1.165, 1.54) is 0 Å². The summed E-state index contributed by atoms with van der Waals surface area (Å²) in [6.07, 6.45) is 2.29. The summed E-state index contributed by atoms with van der Waals surface area (Å²) in [4.78, 5) is 24.6. The Hall–Kier alpha value is -1.26. The molecule has 3 amide bonds. The van der Waals surface area contributed by atoms with Gasteiger partial charge < -0.3 is 16.0 Å². The van der Waals surface area contributed by atoms with Crippen molar-refractivity contribution in [1.82, 2.24) is 10.2 Å². The van der Waals surface area contributed by atoms with Crippen LogP contribution in [0.15, 0.2) is 0 Å². The van der Waals surface area contributed by atoms with E-state index in [1.807, 2.05) is 20.8 Å². The molecule has 0 bridgehead atoms. The molecule has 1 saturated heterocycles. The van der Waals surface area contributed by atoms with Gasteiger partial charge in [-0.1, -0.05) is 0 Å². The number of piperidine rings is 1. The Bertz CT molecular complexity index is 297. The third kappa shape index (κ3) is 5.06. The molecule has 1 fully saturated rings. The van der Waals surface area contributed by atoms with Gasteiger partial charge in [0.25, 0.3) is 0 Å². The quantitative estimate of drug-likeness (QED) is 0.759. The Morgan fingerprint density at radius 1 is 1.41 bits per heavy atom. The van der Waals surface area contributed by atoms with Crippen LogP contribution >= 0.6 is 0 Å². The second-order valence-corrected chi connectivity index (χ2v) is 5.80. The van der Waals surface area contributed by atoms with Crippen LogP contribution in [-0.4, -0.2) is 35.5 Å². The van der Waals surface area contributed by atoms with Crippen LogP contribution in [0, 0.1) is 5.92 Å². The van der Waals surface area contributed by atoms with E-state index in [-0.39, 0.29) is 23.4 Å².